The van der Waals surface area contributed by atoms with E-state index in [4.69, 9.17) is 10.2 Å². The molecule has 0 fully saturated rings. The summed E-state index contributed by atoms with van der Waals surface area (Å²) < 4.78 is 9.05. The molecule has 6 nitrogen and oxygen atoms in total. The molecule has 0 unspecified atom stereocenters. The SMILES string of the molecule is O=C(C=CC(=O)OCC=CO)OCC=CO. The van der Waals surface area contributed by atoms with Crippen molar-refractivity contribution in [1.82, 2.24) is 0 Å². The molecule has 0 rings (SSSR count). The molecule has 0 atom stereocenters. The Labute approximate surface area is 92.1 Å². The van der Waals surface area contributed by atoms with Gasteiger partial charge in [0, 0.05) is 12.2 Å². The average Bonchev–Trinajstić information content (AvgIpc) is 2.27. The molecule has 0 aromatic heterocycles. The highest BCUT2D eigenvalue weighted by Gasteiger charge is 1.98. The number of aliphatic hydroxyl groups is 2. The van der Waals surface area contributed by atoms with Crippen LogP contribution in [0.15, 0.2) is 36.8 Å². The first-order chi connectivity index (χ1) is 7.70. The molecule has 0 saturated heterocycles. The molecule has 0 spiro atoms. The second kappa shape index (κ2) is 9.32. The van der Waals surface area contributed by atoms with Crippen LogP contribution in [-0.2, 0) is 19.1 Å². The number of ether oxygens (including phenoxy) is 2. The van der Waals surface area contributed by atoms with Crippen molar-refractivity contribution in [3.63, 3.8) is 0 Å². The molecule has 0 bridgehead atoms. The Morgan fingerprint density at radius 3 is 1.56 bits per heavy atom. The molecule has 0 aliphatic rings. The number of esters is 2. The minimum atomic E-state index is -0.729. The number of aliphatic hydroxyl groups excluding tert-OH is 2. The Balaban J connectivity index is 3.79. The van der Waals surface area contributed by atoms with Crippen LogP contribution in [-0.4, -0.2) is 35.4 Å². The zero-order valence-electron chi connectivity index (χ0n) is 8.41. The highest BCUT2D eigenvalue weighted by Crippen LogP contribution is 1.86. The summed E-state index contributed by atoms with van der Waals surface area (Å²) in [6.07, 6.45) is 5.72. The first-order valence-electron chi connectivity index (χ1n) is 4.30. The number of rotatable bonds is 6. The quantitative estimate of drug-likeness (QED) is 0.396. The Kier molecular flexibility index (Phi) is 8.02. The van der Waals surface area contributed by atoms with Crippen molar-refractivity contribution in [3.05, 3.63) is 36.8 Å². The number of carbonyl (C=O) groups is 2. The predicted molar refractivity (Wildman–Crippen MR) is 54.6 cm³/mol. The molecule has 2 N–H and O–H groups in total. The van der Waals surface area contributed by atoms with Gasteiger partial charge in [0.2, 0.25) is 0 Å². The van der Waals surface area contributed by atoms with E-state index < -0.39 is 11.9 Å². The molecule has 0 aliphatic carbocycles. The molecule has 0 heterocycles. The Morgan fingerprint density at radius 2 is 1.25 bits per heavy atom. The Morgan fingerprint density at radius 1 is 0.875 bits per heavy atom. The largest absolute Gasteiger partial charge is 0.516 e. The lowest BCUT2D eigenvalue weighted by Gasteiger charge is -1.96. The summed E-state index contributed by atoms with van der Waals surface area (Å²) in [5.74, 6) is -1.46. The van der Waals surface area contributed by atoms with Gasteiger partial charge in [-0.1, -0.05) is 0 Å². The van der Waals surface area contributed by atoms with Crippen LogP contribution in [0, 0.1) is 0 Å². The summed E-state index contributed by atoms with van der Waals surface area (Å²) in [6, 6.07) is 0. The second-order valence-electron chi connectivity index (χ2n) is 2.36. The van der Waals surface area contributed by atoms with Gasteiger partial charge in [-0.3, -0.25) is 0 Å². The maximum atomic E-state index is 10.9. The summed E-state index contributed by atoms with van der Waals surface area (Å²) in [5, 5.41) is 16.5. The minimum absolute atomic E-state index is 0.0814. The third kappa shape index (κ3) is 8.36. The number of hydrogen-bond donors (Lipinski definition) is 2. The molecule has 16 heavy (non-hydrogen) atoms. The van der Waals surface area contributed by atoms with Crippen LogP contribution in [0.25, 0.3) is 0 Å². The van der Waals surface area contributed by atoms with Gasteiger partial charge in [-0.15, -0.1) is 0 Å². The molecule has 0 aliphatic heterocycles. The van der Waals surface area contributed by atoms with Crippen molar-refractivity contribution in [1.29, 1.82) is 0 Å². The van der Waals surface area contributed by atoms with Crippen molar-refractivity contribution in [2.24, 2.45) is 0 Å². The van der Waals surface area contributed by atoms with E-state index in [1.54, 1.807) is 0 Å². The first-order valence-corrected chi connectivity index (χ1v) is 4.30. The van der Waals surface area contributed by atoms with E-state index in [9.17, 15) is 9.59 Å². The summed E-state index contributed by atoms with van der Waals surface area (Å²) >= 11 is 0. The van der Waals surface area contributed by atoms with Gasteiger partial charge in [-0.25, -0.2) is 9.59 Å². The highest BCUT2D eigenvalue weighted by molar-refractivity contribution is 5.91. The van der Waals surface area contributed by atoms with E-state index in [-0.39, 0.29) is 13.2 Å². The average molecular weight is 228 g/mol. The first kappa shape index (κ1) is 13.8. The number of hydrogen-bond acceptors (Lipinski definition) is 6. The van der Waals surface area contributed by atoms with Crippen LogP contribution in [0.3, 0.4) is 0 Å². The van der Waals surface area contributed by atoms with Crippen LogP contribution in [0.4, 0.5) is 0 Å². The third-order valence-corrected chi connectivity index (χ3v) is 1.21. The van der Waals surface area contributed by atoms with E-state index in [0.717, 1.165) is 24.7 Å². The van der Waals surface area contributed by atoms with Crippen molar-refractivity contribution in [2.45, 2.75) is 0 Å². The van der Waals surface area contributed by atoms with Crippen molar-refractivity contribution < 1.29 is 29.3 Å². The topological polar surface area (TPSA) is 93.1 Å². The maximum absolute atomic E-state index is 10.9. The monoisotopic (exact) mass is 228 g/mol. The maximum Gasteiger partial charge on any atom is 0.331 e. The van der Waals surface area contributed by atoms with Gasteiger partial charge in [0.1, 0.15) is 13.2 Å². The number of carbonyl (C=O) groups excluding carboxylic acids is 2. The van der Waals surface area contributed by atoms with Crippen molar-refractivity contribution in [2.75, 3.05) is 13.2 Å². The molecule has 0 radical (unpaired) electrons. The lowest BCUT2D eigenvalue weighted by molar-refractivity contribution is -0.139. The zero-order valence-corrected chi connectivity index (χ0v) is 8.41. The fraction of sp³-hybridized carbons (Fsp3) is 0.200. The van der Waals surface area contributed by atoms with Gasteiger partial charge in [0.15, 0.2) is 0 Å². The zero-order chi connectivity index (χ0) is 12.2. The van der Waals surface area contributed by atoms with Gasteiger partial charge in [0.05, 0.1) is 12.5 Å². The van der Waals surface area contributed by atoms with Gasteiger partial charge in [-0.05, 0) is 12.2 Å². The van der Waals surface area contributed by atoms with E-state index in [1.165, 1.54) is 12.2 Å². The van der Waals surface area contributed by atoms with Crippen LogP contribution in [0.2, 0.25) is 0 Å². The summed E-state index contributed by atoms with van der Waals surface area (Å²) in [4.78, 5) is 21.7. The van der Waals surface area contributed by atoms with E-state index in [0.29, 0.717) is 0 Å². The summed E-state index contributed by atoms with van der Waals surface area (Å²) in [6.45, 7) is -0.163. The van der Waals surface area contributed by atoms with Crippen LogP contribution in [0.5, 0.6) is 0 Å². The normalized spacial score (nSPS) is 11.2. The van der Waals surface area contributed by atoms with Gasteiger partial charge < -0.3 is 19.7 Å². The fourth-order valence-corrected chi connectivity index (χ4v) is 0.579. The van der Waals surface area contributed by atoms with Gasteiger partial charge in [0.25, 0.3) is 0 Å². The Bertz CT molecular complexity index is 272. The molecule has 0 saturated carbocycles. The molecule has 0 aromatic carbocycles. The minimum Gasteiger partial charge on any atom is -0.516 e. The summed E-state index contributed by atoms with van der Waals surface area (Å²) in [7, 11) is 0. The lowest BCUT2D eigenvalue weighted by Crippen LogP contribution is -2.04. The van der Waals surface area contributed by atoms with Crippen LogP contribution >= 0.6 is 0 Å². The standard InChI is InChI=1S/C10H12O6/c11-5-1-7-15-9(13)3-4-10(14)16-8-2-6-12/h1-6,11-12H,7-8H2. The lowest BCUT2D eigenvalue weighted by atomic mass is 10.5. The fourth-order valence-electron chi connectivity index (χ4n) is 0.579. The molecular weight excluding hydrogens is 216 g/mol. The van der Waals surface area contributed by atoms with Crippen LogP contribution < -0.4 is 0 Å². The smallest absolute Gasteiger partial charge is 0.331 e. The van der Waals surface area contributed by atoms with Crippen molar-refractivity contribution in [3.8, 4) is 0 Å². The molecule has 88 valence electrons. The van der Waals surface area contributed by atoms with E-state index in [2.05, 4.69) is 9.47 Å². The van der Waals surface area contributed by atoms with Crippen molar-refractivity contribution >= 4 is 11.9 Å². The highest BCUT2D eigenvalue weighted by atomic mass is 16.5. The molecule has 6 heteroatoms. The van der Waals surface area contributed by atoms with Gasteiger partial charge >= 0.3 is 11.9 Å². The predicted octanol–water partition coefficient (Wildman–Crippen LogP) is 0.772. The summed E-state index contributed by atoms with van der Waals surface area (Å²) in [5.41, 5.74) is 0. The third-order valence-electron chi connectivity index (χ3n) is 1.21. The van der Waals surface area contributed by atoms with Crippen LogP contribution in [0.1, 0.15) is 0 Å². The molecular formula is C10H12O6. The molecule has 0 amide bonds. The van der Waals surface area contributed by atoms with Gasteiger partial charge in [-0.2, -0.15) is 0 Å². The Hall–Kier alpha value is -2.24. The van der Waals surface area contributed by atoms with E-state index in [1.807, 2.05) is 0 Å². The van der Waals surface area contributed by atoms with E-state index >= 15 is 0 Å². The second-order valence-corrected chi connectivity index (χ2v) is 2.36. The molecule has 0 aromatic rings.